The molecule has 2 N–H and O–H groups in total. The lowest BCUT2D eigenvalue weighted by atomic mass is 10.1. The van der Waals surface area contributed by atoms with E-state index in [1.807, 2.05) is 0 Å². The lowest BCUT2D eigenvalue weighted by Crippen LogP contribution is -2.04. The van der Waals surface area contributed by atoms with Gasteiger partial charge in [0.15, 0.2) is 5.01 Å². The fourth-order valence-electron chi connectivity index (χ4n) is 1.21. The van der Waals surface area contributed by atoms with Gasteiger partial charge in [0.1, 0.15) is 0 Å². The van der Waals surface area contributed by atoms with Crippen LogP contribution in [0.5, 0.6) is 0 Å². The summed E-state index contributed by atoms with van der Waals surface area (Å²) < 4.78 is 38.2. The predicted octanol–water partition coefficient (Wildman–Crippen LogP) is 3.57. The molecule has 1 heterocycles. The minimum absolute atomic E-state index is 0.212. The molecular formula is C9H5BrF3N3S. The molecule has 0 unspecified atom stereocenters. The van der Waals surface area contributed by atoms with Gasteiger partial charge < -0.3 is 5.73 Å². The second-order valence-corrected chi connectivity index (χ2v) is 5.00. The van der Waals surface area contributed by atoms with Crippen molar-refractivity contribution in [2.24, 2.45) is 0 Å². The third-order valence-electron chi connectivity index (χ3n) is 1.96. The van der Waals surface area contributed by atoms with Gasteiger partial charge in [0.2, 0.25) is 5.13 Å². The van der Waals surface area contributed by atoms with Gasteiger partial charge in [0.05, 0.1) is 5.56 Å². The minimum atomic E-state index is -4.38. The van der Waals surface area contributed by atoms with Crippen LogP contribution < -0.4 is 5.73 Å². The van der Waals surface area contributed by atoms with Crippen molar-refractivity contribution >= 4 is 32.4 Å². The van der Waals surface area contributed by atoms with Gasteiger partial charge in [-0.25, -0.2) is 0 Å². The van der Waals surface area contributed by atoms with E-state index in [1.54, 1.807) is 0 Å². The van der Waals surface area contributed by atoms with Crippen molar-refractivity contribution in [3.8, 4) is 10.6 Å². The molecular weight excluding hydrogens is 319 g/mol. The average molecular weight is 324 g/mol. The number of alkyl halides is 3. The fraction of sp³-hybridized carbons (Fsp3) is 0.111. The van der Waals surface area contributed by atoms with E-state index in [-0.39, 0.29) is 5.13 Å². The zero-order valence-electron chi connectivity index (χ0n) is 8.12. The maximum atomic E-state index is 12.5. The SMILES string of the molecule is Nc1nnc(-c2cc(C(F)(F)F)ccc2Br)s1. The van der Waals surface area contributed by atoms with Gasteiger partial charge in [-0.05, 0) is 18.2 Å². The van der Waals surface area contributed by atoms with Crippen LogP contribution in [-0.2, 0) is 6.18 Å². The molecule has 1 aromatic heterocycles. The smallest absolute Gasteiger partial charge is 0.374 e. The van der Waals surface area contributed by atoms with Crippen molar-refractivity contribution < 1.29 is 13.2 Å². The van der Waals surface area contributed by atoms with Crippen LogP contribution in [0.4, 0.5) is 18.3 Å². The van der Waals surface area contributed by atoms with Crippen LogP contribution in [0.25, 0.3) is 10.6 Å². The average Bonchev–Trinajstić information content (AvgIpc) is 2.63. The second kappa shape index (κ2) is 4.26. The largest absolute Gasteiger partial charge is 0.416 e. The molecule has 17 heavy (non-hydrogen) atoms. The van der Waals surface area contributed by atoms with Crippen molar-refractivity contribution in [1.82, 2.24) is 10.2 Å². The van der Waals surface area contributed by atoms with Gasteiger partial charge in [-0.15, -0.1) is 10.2 Å². The normalized spacial score (nSPS) is 11.8. The summed E-state index contributed by atoms with van der Waals surface area (Å²) in [5.41, 5.74) is 4.99. The third kappa shape index (κ3) is 2.58. The molecule has 0 bridgehead atoms. The molecule has 0 aliphatic carbocycles. The van der Waals surface area contributed by atoms with Gasteiger partial charge in [-0.1, -0.05) is 27.3 Å². The zero-order valence-corrected chi connectivity index (χ0v) is 10.5. The van der Waals surface area contributed by atoms with Crippen LogP contribution >= 0.6 is 27.3 Å². The highest BCUT2D eigenvalue weighted by Gasteiger charge is 2.31. The van der Waals surface area contributed by atoms with E-state index in [9.17, 15) is 13.2 Å². The first-order valence-corrected chi connectivity index (χ1v) is 5.95. The van der Waals surface area contributed by atoms with Crippen LogP contribution in [0.15, 0.2) is 22.7 Å². The van der Waals surface area contributed by atoms with E-state index in [0.29, 0.717) is 15.0 Å². The molecule has 0 saturated heterocycles. The maximum absolute atomic E-state index is 12.5. The van der Waals surface area contributed by atoms with Crippen molar-refractivity contribution in [1.29, 1.82) is 0 Å². The van der Waals surface area contributed by atoms with E-state index < -0.39 is 11.7 Å². The number of hydrogen-bond acceptors (Lipinski definition) is 4. The summed E-state index contributed by atoms with van der Waals surface area (Å²) in [6.07, 6.45) is -4.38. The number of nitrogen functional groups attached to an aromatic ring is 1. The lowest BCUT2D eigenvalue weighted by Gasteiger charge is -2.08. The quantitative estimate of drug-likeness (QED) is 0.872. The first-order valence-electron chi connectivity index (χ1n) is 4.34. The third-order valence-corrected chi connectivity index (χ3v) is 3.44. The van der Waals surface area contributed by atoms with E-state index in [4.69, 9.17) is 5.73 Å². The van der Waals surface area contributed by atoms with Crippen LogP contribution in [-0.4, -0.2) is 10.2 Å². The van der Waals surface area contributed by atoms with Gasteiger partial charge in [-0.3, -0.25) is 0 Å². The molecule has 2 aromatic rings. The highest BCUT2D eigenvalue weighted by molar-refractivity contribution is 9.10. The number of nitrogens with two attached hydrogens (primary N) is 1. The number of halogens is 4. The van der Waals surface area contributed by atoms with E-state index in [1.165, 1.54) is 6.07 Å². The van der Waals surface area contributed by atoms with Crippen LogP contribution in [0.1, 0.15) is 5.56 Å². The molecule has 0 spiro atoms. The van der Waals surface area contributed by atoms with Gasteiger partial charge >= 0.3 is 6.18 Å². The second-order valence-electron chi connectivity index (χ2n) is 3.14. The molecule has 0 aliphatic heterocycles. The lowest BCUT2D eigenvalue weighted by molar-refractivity contribution is -0.137. The standard InChI is InChI=1S/C9H5BrF3N3S/c10-6-2-1-4(9(11,12)13)3-5(6)7-15-16-8(14)17-7/h1-3H,(H2,14,16). The van der Waals surface area contributed by atoms with Gasteiger partial charge in [-0.2, -0.15) is 13.2 Å². The molecule has 0 saturated carbocycles. The first-order chi connectivity index (χ1) is 7.88. The molecule has 90 valence electrons. The molecule has 0 atom stereocenters. The number of hydrogen-bond donors (Lipinski definition) is 1. The molecule has 0 radical (unpaired) electrons. The topological polar surface area (TPSA) is 51.8 Å². The highest BCUT2D eigenvalue weighted by Crippen LogP contribution is 2.37. The van der Waals surface area contributed by atoms with Crippen molar-refractivity contribution in [3.63, 3.8) is 0 Å². The van der Waals surface area contributed by atoms with Crippen molar-refractivity contribution in [2.45, 2.75) is 6.18 Å². The minimum Gasteiger partial charge on any atom is -0.374 e. The number of nitrogens with zero attached hydrogens (tertiary/aromatic N) is 2. The Labute approximate surface area is 107 Å². The fourth-order valence-corrected chi connectivity index (χ4v) is 2.41. The van der Waals surface area contributed by atoms with Crippen LogP contribution in [0.2, 0.25) is 0 Å². The Hall–Kier alpha value is -1.15. The Kier molecular flexibility index (Phi) is 3.09. The summed E-state index contributed by atoms with van der Waals surface area (Å²) in [6.45, 7) is 0. The summed E-state index contributed by atoms with van der Waals surface area (Å²) in [5.74, 6) is 0. The summed E-state index contributed by atoms with van der Waals surface area (Å²) in [7, 11) is 0. The molecule has 0 fully saturated rings. The molecule has 0 amide bonds. The summed E-state index contributed by atoms with van der Waals surface area (Å²) >= 11 is 4.21. The number of rotatable bonds is 1. The molecule has 8 heteroatoms. The van der Waals surface area contributed by atoms with Gasteiger partial charge in [0, 0.05) is 10.0 Å². The predicted molar refractivity (Wildman–Crippen MR) is 62.5 cm³/mol. The molecule has 1 aromatic carbocycles. The summed E-state index contributed by atoms with van der Waals surface area (Å²) in [6, 6.07) is 3.34. The van der Waals surface area contributed by atoms with Crippen molar-refractivity contribution in [2.75, 3.05) is 5.73 Å². The first kappa shape index (κ1) is 12.3. The number of benzene rings is 1. The Balaban J connectivity index is 2.54. The molecule has 0 aliphatic rings. The highest BCUT2D eigenvalue weighted by atomic mass is 79.9. The number of anilines is 1. The Morgan fingerprint density at radius 1 is 1.24 bits per heavy atom. The Morgan fingerprint density at radius 3 is 2.47 bits per heavy atom. The van der Waals surface area contributed by atoms with Gasteiger partial charge in [0.25, 0.3) is 0 Å². The van der Waals surface area contributed by atoms with Crippen LogP contribution in [0, 0.1) is 0 Å². The zero-order chi connectivity index (χ0) is 12.6. The molecule has 3 nitrogen and oxygen atoms in total. The van der Waals surface area contributed by atoms with Crippen molar-refractivity contribution in [3.05, 3.63) is 28.2 Å². The summed E-state index contributed by atoms with van der Waals surface area (Å²) in [4.78, 5) is 0. The summed E-state index contributed by atoms with van der Waals surface area (Å²) in [5, 5.41) is 7.85. The monoisotopic (exact) mass is 323 g/mol. The molecule has 2 rings (SSSR count). The number of aromatic nitrogens is 2. The van der Waals surface area contributed by atoms with E-state index in [2.05, 4.69) is 26.1 Å². The Morgan fingerprint density at radius 2 is 1.94 bits per heavy atom. The Bertz CT molecular complexity index is 553. The van der Waals surface area contributed by atoms with E-state index in [0.717, 1.165) is 23.5 Å². The van der Waals surface area contributed by atoms with E-state index >= 15 is 0 Å². The van der Waals surface area contributed by atoms with Crippen LogP contribution in [0.3, 0.4) is 0 Å². The maximum Gasteiger partial charge on any atom is 0.416 e.